The van der Waals surface area contributed by atoms with Crippen LogP contribution in [0.1, 0.15) is 32.8 Å². The number of halogens is 2. The minimum atomic E-state index is -0.00131. The second kappa shape index (κ2) is 10.7. The van der Waals surface area contributed by atoms with E-state index in [9.17, 15) is 0 Å². The van der Waals surface area contributed by atoms with Crippen molar-refractivity contribution in [2.24, 2.45) is 10.9 Å². The van der Waals surface area contributed by atoms with Crippen LogP contribution in [-0.2, 0) is 10.2 Å². The Morgan fingerprint density at radius 1 is 1.36 bits per heavy atom. The molecule has 2 rings (SSSR count). The third-order valence-corrected chi connectivity index (χ3v) is 5.03. The van der Waals surface area contributed by atoms with Gasteiger partial charge < -0.3 is 15.0 Å². The van der Waals surface area contributed by atoms with Gasteiger partial charge in [0.15, 0.2) is 5.96 Å². The summed E-state index contributed by atoms with van der Waals surface area (Å²) in [6.45, 7) is 11.0. The Morgan fingerprint density at radius 3 is 2.60 bits per heavy atom. The minimum Gasteiger partial charge on any atom is -0.381 e. The summed E-state index contributed by atoms with van der Waals surface area (Å²) in [6, 6.07) is 8.54. The van der Waals surface area contributed by atoms with E-state index in [4.69, 9.17) is 9.73 Å². The van der Waals surface area contributed by atoms with E-state index in [0.29, 0.717) is 5.92 Å². The van der Waals surface area contributed by atoms with Crippen LogP contribution in [0.3, 0.4) is 0 Å². The highest BCUT2D eigenvalue weighted by Gasteiger charge is 2.22. The molecular formula is C19H31BrIN3O. The van der Waals surface area contributed by atoms with Crippen LogP contribution in [-0.4, -0.2) is 50.8 Å². The molecule has 1 aliphatic rings. The van der Waals surface area contributed by atoms with Crippen molar-refractivity contribution < 1.29 is 4.74 Å². The van der Waals surface area contributed by atoms with Crippen molar-refractivity contribution in [3.8, 4) is 0 Å². The highest BCUT2D eigenvalue weighted by Crippen LogP contribution is 2.25. The van der Waals surface area contributed by atoms with E-state index < -0.39 is 0 Å². The number of nitrogens with zero attached hydrogens (tertiary/aromatic N) is 2. The Hall–Kier alpha value is -0.340. The van der Waals surface area contributed by atoms with Crippen LogP contribution in [0, 0.1) is 5.92 Å². The number of rotatable bonds is 6. The number of hydrogen-bond donors (Lipinski definition) is 1. The Bertz CT molecular complexity index is 542. The summed E-state index contributed by atoms with van der Waals surface area (Å²) in [5.41, 5.74) is 1.30. The normalized spacial score (nSPS) is 18.0. The van der Waals surface area contributed by atoms with Crippen LogP contribution < -0.4 is 5.32 Å². The molecule has 1 N–H and O–H groups in total. The molecule has 0 aliphatic carbocycles. The van der Waals surface area contributed by atoms with Gasteiger partial charge in [-0.15, -0.1) is 24.0 Å². The zero-order valence-corrected chi connectivity index (χ0v) is 19.6. The Balaban J connectivity index is 0.00000312. The predicted molar refractivity (Wildman–Crippen MR) is 120 cm³/mol. The molecule has 1 aromatic carbocycles. The number of nitrogens with one attached hydrogen (secondary N) is 1. The van der Waals surface area contributed by atoms with E-state index in [-0.39, 0.29) is 29.4 Å². The Morgan fingerprint density at radius 2 is 2.04 bits per heavy atom. The lowest BCUT2D eigenvalue weighted by Crippen LogP contribution is -2.42. The maximum atomic E-state index is 5.49. The molecule has 1 unspecified atom stereocenters. The first kappa shape index (κ1) is 22.7. The lowest BCUT2D eigenvalue weighted by atomic mass is 9.85. The summed E-state index contributed by atoms with van der Waals surface area (Å²) >= 11 is 3.50. The van der Waals surface area contributed by atoms with Crippen LogP contribution in [0.25, 0.3) is 0 Å². The summed E-state index contributed by atoms with van der Waals surface area (Å²) in [5, 5.41) is 3.42. The SMILES string of the molecule is CCNC(=NCC(C)(C)c1ccc(Br)cc1)N(C)CC1CCOC1.I. The predicted octanol–water partition coefficient (Wildman–Crippen LogP) is 4.28. The fraction of sp³-hybridized carbons (Fsp3) is 0.632. The van der Waals surface area contributed by atoms with Gasteiger partial charge in [-0.25, -0.2) is 0 Å². The number of ether oxygens (including phenoxy) is 1. The first-order valence-corrected chi connectivity index (χ1v) is 9.55. The lowest BCUT2D eigenvalue weighted by molar-refractivity contribution is 0.181. The van der Waals surface area contributed by atoms with E-state index in [1.807, 2.05) is 0 Å². The topological polar surface area (TPSA) is 36.9 Å². The highest BCUT2D eigenvalue weighted by molar-refractivity contribution is 14.0. The van der Waals surface area contributed by atoms with Crippen molar-refractivity contribution >= 4 is 45.9 Å². The smallest absolute Gasteiger partial charge is 0.193 e. The molecule has 0 aromatic heterocycles. The van der Waals surface area contributed by atoms with Gasteiger partial charge in [-0.2, -0.15) is 0 Å². The third-order valence-electron chi connectivity index (χ3n) is 4.50. The van der Waals surface area contributed by atoms with Gasteiger partial charge in [0.2, 0.25) is 0 Å². The highest BCUT2D eigenvalue weighted by atomic mass is 127. The van der Waals surface area contributed by atoms with Gasteiger partial charge in [-0.1, -0.05) is 41.9 Å². The standard InChI is InChI=1S/C19H30BrN3O.HI/c1-5-21-18(23(4)12-15-10-11-24-13-15)22-14-19(2,3)16-6-8-17(20)9-7-16;/h6-9,15H,5,10-14H2,1-4H3,(H,21,22);1H. The Labute approximate surface area is 177 Å². The van der Waals surface area contributed by atoms with E-state index in [1.54, 1.807) is 0 Å². The molecule has 0 bridgehead atoms. The summed E-state index contributed by atoms with van der Waals surface area (Å²) in [4.78, 5) is 7.14. The quantitative estimate of drug-likeness (QED) is 0.343. The molecule has 1 aliphatic heterocycles. The maximum absolute atomic E-state index is 5.49. The summed E-state index contributed by atoms with van der Waals surface area (Å²) in [7, 11) is 2.12. The molecule has 0 amide bonds. The van der Waals surface area contributed by atoms with Crippen molar-refractivity contribution in [2.75, 3.05) is 39.9 Å². The summed E-state index contributed by atoms with van der Waals surface area (Å²) < 4.78 is 6.60. The summed E-state index contributed by atoms with van der Waals surface area (Å²) in [5.74, 6) is 1.59. The van der Waals surface area contributed by atoms with Gasteiger partial charge in [-0.3, -0.25) is 4.99 Å². The second-order valence-corrected chi connectivity index (χ2v) is 8.09. The van der Waals surface area contributed by atoms with Crippen molar-refractivity contribution in [2.45, 2.75) is 32.6 Å². The minimum absolute atomic E-state index is 0. The molecule has 142 valence electrons. The molecule has 1 heterocycles. The lowest BCUT2D eigenvalue weighted by Gasteiger charge is -2.27. The van der Waals surface area contributed by atoms with E-state index in [0.717, 1.165) is 49.7 Å². The summed E-state index contributed by atoms with van der Waals surface area (Å²) in [6.07, 6.45) is 1.15. The van der Waals surface area contributed by atoms with E-state index >= 15 is 0 Å². The third kappa shape index (κ3) is 7.06. The molecule has 4 nitrogen and oxygen atoms in total. The fourth-order valence-electron chi connectivity index (χ4n) is 2.94. The number of hydrogen-bond acceptors (Lipinski definition) is 2. The zero-order valence-electron chi connectivity index (χ0n) is 15.7. The van der Waals surface area contributed by atoms with E-state index in [2.05, 4.69) is 78.2 Å². The van der Waals surface area contributed by atoms with Crippen molar-refractivity contribution in [3.05, 3.63) is 34.3 Å². The van der Waals surface area contributed by atoms with Gasteiger partial charge >= 0.3 is 0 Å². The van der Waals surface area contributed by atoms with E-state index in [1.165, 1.54) is 5.56 Å². The number of guanidine groups is 1. The molecule has 0 spiro atoms. The van der Waals surface area contributed by atoms with Gasteiger partial charge in [0.05, 0.1) is 13.2 Å². The molecule has 25 heavy (non-hydrogen) atoms. The van der Waals surface area contributed by atoms with Gasteiger partial charge in [0, 0.05) is 42.5 Å². The van der Waals surface area contributed by atoms with Gasteiger partial charge in [-0.05, 0) is 31.0 Å². The van der Waals surface area contributed by atoms with Crippen LogP contribution >= 0.6 is 39.9 Å². The molecule has 6 heteroatoms. The molecule has 1 atom stereocenters. The number of aliphatic imine (C=N–C) groups is 1. The molecule has 1 saturated heterocycles. The molecule has 0 radical (unpaired) electrons. The first-order chi connectivity index (χ1) is 11.4. The zero-order chi connectivity index (χ0) is 17.6. The van der Waals surface area contributed by atoms with Gasteiger partial charge in [0.1, 0.15) is 0 Å². The van der Waals surface area contributed by atoms with Crippen molar-refractivity contribution in [1.82, 2.24) is 10.2 Å². The average Bonchev–Trinajstić information content (AvgIpc) is 3.04. The van der Waals surface area contributed by atoms with Crippen LogP contribution in [0.4, 0.5) is 0 Å². The molecule has 1 fully saturated rings. The van der Waals surface area contributed by atoms with Crippen molar-refractivity contribution in [3.63, 3.8) is 0 Å². The molecule has 1 aromatic rings. The monoisotopic (exact) mass is 523 g/mol. The average molecular weight is 524 g/mol. The second-order valence-electron chi connectivity index (χ2n) is 7.17. The largest absolute Gasteiger partial charge is 0.381 e. The Kier molecular flexibility index (Phi) is 9.74. The van der Waals surface area contributed by atoms with Crippen LogP contribution in [0.15, 0.2) is 33.7 Å². The molecule has 0 saturated carbocycles. The number of benzene rings is 1. The van der Waals surface area contributed by atoms with Crippen LogP contribution in [0.5, 0.6) is 0 Å². The fourth-order valence-corrected chi connectivity index (χ4v) is 3.20. The van der Waals surface area contributed by atoms with Crippen molar-refractivity contribution in [1.29, 1.82) is 0 Å². The van der Waals surface area contributed by atoms with Gasteiger partial charge in [0.25, 0.3) is 0 Å². The first-order valence-electron chi connectivity index (χ1n) is 8.75. The van der Waals surface area contributed by atoms with Crippen LogP contribution in [0.2, 0.25) is 0 Å². The molecular weight excluding hydrogens is 493 g/mol. The maximum Gasteiger partial charge on any atom is 0.193 e.